The van der Waals surface area contributed by atoms with Crippen LogP contribution in [0.2, 0.25) is 0 Å². The Balaban J connectivity index is 3.18. The van der Waals surface area contributed by atoms with E-state index >= 15 is 0 Å². The van der Waals surface area contributed by atoms with Gasteiger partial charge in [-0.1, -0.05) is 23.9 Å². The van der Waals surface area contributed by atoms with Gasteiger partial charge in [0.1, 0.15) is 0 Å². The normalized spacial score (nSPS) is 8.75. The fourth-order valence-corrected chi connectivity index (χ4v) is 0.674. The predicted molar refractivity (Wildman–Crippen MR) is 38.0 cm³/mol. The average Bonchev–Trinajstić information content (AvgIpc) is 1.61. The lowest BCUT2D eigenvalue weighted by Gasteiger charge is -1.91. The van der Waals surface area contributed by atoms with Crippen LogP contribution < -0.4 is 0 Å². The lowest BCUT2D eigenvalue weighted by molar-refractivity contribution is -0.109. The number of carbonyl (C=O) groups excluding carboxylic acids is 1. The first-order valence-electron chi connectivity index (χ1n) is 2.40. The molecule has 0 aromatic rings. The summed E-state index contributed by atoms with van der Waals surface area (Å²) in [6, 6.07) is 0. The third-order valence-corrected chi connectivity index (χ3v) is 1.57. The molecule has 0 spiro atoms. The van der Waals surface area contributed by atoms with Crippen LogP contribution in [-0.2, 0) is 4.79 Å². The molecule has 0 aliphatic carbocycles. The molecule has 8 heavy (non-hydrogen) atoms. The Morgan fingerprint density at radius 1 is 1.62 bits per heavy atom. The zero-order valence-corrected chi connectivity index (χ0v) is 6.05. The highest BCUT2D eigenvalue weighted by Crippen LogP contribution is 2.04. The summed E-state index contributed by atoms with van der Waals surface area (Å²) in [4.78, 5) is 10.3. The van der Waals surface area contributed by atoms with Crippen molar-refractivity contribution in [2.24, 2.45) is 0 Å². The third kappa shape index (κ3) is 5.76. The maximum absolute atomic E-state index is 10.3. The number of rotatable bonds is 2. The van der Waals surface area contributed by atoms with Gasteiger partial charge in [0.2, 0.25) is 0 Å². The van der Waals surface area contributed by atoms with E-state index in [-0.39, 0.29) is 5.12 Å². The summed E-state index contributed by atoms with van der Waals surface area (Å²) in [5.74, 6) is 0.759. The molecule has 0 aromatic carbocycles. The highest BCUT2D eigenvalue weighted by molar-refractivity contribution is 8.13. The first-order chi connectivity index (χ1) is 3.63. The Morgan fingerprint density at radius 2 is 2.12 bits per heavy atom. The van der Waals surface area contributed by atoms with Gasteiger partial charge in [-0.3, -0.25) is 4.79 Å². The summed E-state index contributed by atoms with van der Waals surface area (Å²) in [5.41, 5.74) is 1.05. The quantitative estimate of drug-likeness (QED) is 0.530. The molecule has 1 nitrogen and oxygen atoms in total. The number of thioether (sulfide) groups is 1. The Labute approximate surface area is 54.2 Å². The van der Waals surface area contributed by atoms with Crippen LogP contribution >= 0.6 is 11.8 Å². The van der Waals surface area contributed by atoms with Gasteiger partial charge in [0.05, 0.1) is 0 Å². The van der Waals surface area contributed by atoms with Gasteiger partial charge in [-0.2, -0.15) is 0 Å². The topological polar surface area (TPSA) is 17.1 Å². The van der Waals surface area contributed by atoms with Crippen molar-refractivity contribution in [2.45, 2.75) is 13.8 Å². The van der Waals surface area contributed by atoms with Crippen LogP contribution in [0, 0.1) is 0 Å². The van der Waals surface area contributed by atoms with Gasteiger partial charge in [-0.15, -0.1) is 0 Å². The van der Waals surface area contributed by atoms with Gasteiger partial charge < -0.3 is 0 Å². The van der Waals surface area contributed by atoms with Gasteiger partial charge in [0.15, 0.2) is 5.12 Å². The van der Waals surface area contributed by atoms with Gasteiger partial charge in [0, 0.05) is 12.7 Å². The van der Waals surface area contributed by atoms with E-state index in [4.69, 9.17) is 0 Å². The van der Waals surface area contributed by atoms with Crippen LogP contribution in [0.3, 0.4) is 0 Å². The number of hydrogen-bond donors (Lipinski definition) is 0. The van der Waals surface area contributed by atoms with E-state index in [2.05, 4.69) is 6.58 Å². The van der Waals surface area contributed by atoms with E-state index in [0.717, 1.165) is 11.3 Å². The average molecular weight is 130 g/mol. The highest BCUT2D eigenvalue weighted by atomic mass is 32.2. The van der Waals surface area contributed by atoms with Crippen molar-refractivity contribution in [1.82, 2.24) is 0 Å². The molecule has 0 radical (unpaired) electrons. The second-order valence-corrected chi connectivity index (χ2v) is 2.89. The molecule has 46 valence electrons. The van der Waals surface area contributed by atoms with Gasteiger partial charge >= 0.3 is 0 Å². The lowest BCUT2D eigenvalue weighted by atomic mass is 10.4. The van der Waals surface area contributed by atoms with E-state index in [9.17, 15) is 4.79 Å². The largest absolute Gasteiger partial charge is 0.288 e. The Morgan fingerprint density at radius 3 is 2.25 bits per heavy atom. The minimum absolute atomic E-state index is 0.160. The fourth-order valence-electron chi connectivity index (χ4n) is 0.225. The zero-order valence-electron chi connectivity index (χ0n) is 5.23. The molecule has 0 heterocycles. The van der Waals surface area contributed by atoms with E-state index in [1.165, 1.54) is 11.8 Å². The summed E-state index contributed by atoms with van der Waals surface area (Å²) >= 11 is 1.30. The lowest BCUT2D eigenvalue weighted by Crippen LogP contribution is -1.84. The molecule has 0 aromatic heterocycles. The SMILES string of the molecule is C=C(C)CSC(C)=O. The van der Waals surface area contributed by atoms with Crippen molar-refractivity contribution < 1.29 is 4.79 Å². The first kappa shape index (κ1) is 7.76. The van der Waals surface area contributed by atoms with Crippen molar-refractivity contribution in [2.75, 3.05) is 5.75 Å². The Hall–Kier alpha value is -0.240. The summed E-state index contributed by atoms with van der Waals surface area (Å²) in [7, 11) is 0. The molecular formula is C6H10OS. The highest BCUT2D eigenvalue weighted by Gasteiger charge is 1.91. The van der Waals surface area contributed by atoms with Gasteiger partial charge in [-0.05, 0) is 6.92 Å². The molecule has 0 aliphatic rings. The van der Waals surface area contributed by atoms with Crippen LogP contribution in [0.15, 0.2) is 12.2 Å². The summed E-state index contributed by atoms with van der Waals surface area (Å²) in [6.45, 7) is 7.13. The molecular weight excluding hydrogens is 120 g/mol. The molecule has 0 fully saturated rings. The second kappa shape index (κ2) is 3.72. The molecule has 2 heteroatoms. The molecule has 0 rings (SSSR count). The molecule has 0 saturated heterocycles. The molecule has 0 atom stereocenters. The fraction of sp³-hybridized carbons (Fsp3) is 0.500. The maximum atomic E-state index is 10.3. The Bertz CT molecular complexity index is 93.1. The predicted octanol–water partition coefficient (Wildman–Crippen LogP) is 1.84. The van der Waals surface area contributed by atoms with Crippen molar-refractivity contribution in [3.8, 4) is 0 Å². The van der Waals surface area contributed by atoms with Crippen LogP contribution in [0.5, 0.6) is 0 Å². The first-order valence-corrected chi connectivity index (χ1v) is 3.39. The van der Waals surface area contributed by atoms with Crippen molar-refractivity contribution >= 4 is 16.9 Å². The number of hydrogen-bond acceptors (Lipinski definition) is 2. The maximum Gasteiger partial charge on any atom is 0.186 e. The number of carbonyl (C=O) groups is 1. The van der Waals surface area contributed by atoms with E-state index in [0.29, 0.717) is 0 Å². The smallest absolute Gasteiger partial charge is 0.186 e. The summed E-state index contributed by atoms with van der Waals surface area (Å²) in [6.07, 6.45) is 0. The van der Waals surface area contributed by atoms with Crippen molar-refractivity contribution in [3.63, 3.8) is 0 Å². The molecule has 0 bridgehead atoms. The van der Waals surface area contributed by atoms with Crippen molar-refractivity contribution in [3.05, 3.63) is 12.2 Å². The molecule has 0 saturated carbocycles. The van der Waals surface area contributed by atoms with Crippen LogP contribution in [0.25, 0.3) is 0 Å². The molecule has 0 amide bonds. The zero-order chi connectivity index (χ0) is 6.57. The summed E-state index contributed by atoms with van der Waals surface area (Å²) in [5, 5.41) is 0.160. The second-order valence-electron chi connectivity index (χ2n) is 1.74. The minimum atomic E-state index is 0.160. The monoisotopic (exact) mass is 130 g/mol. The van der Waals surface area contributed by atoms with E-state index in [1.807, 2.05) is 6.92 Å². The van der Waals surface area contributed by atoms with Crippen molar-refractivity contribution in [1.29, 1.82) is 0 Å². The molecule has 0 N–H and O–H groups in total. The summed E-state index contributed by atoms with van der Waals surface area (Å²) < 4.78 is 0. The standard InChI is InChI=1S/C6H10OS/c1-5(2)4-8-6(3)7/h1,4H2,2-3H3. The van der Waals surface area contributed by atoms with Gasteiger partial charge in [0.25, 0.3) is 0 Å². The van der Waals surface area contributed by atoms with E-state index < -0.39 is 0 Å². The van der Waals surface area contributed by atoms with Crippen LogP contribution in [0.4, 0.5) is 0 Å². The van der Waals surface area contributed by atoms with Crippen LogP contribution in [-0.4, -0.2) is 10.9 Å². The minimum Gasteiger partial charge on any atom is -0.288 e. The van der Waals surface area contributed by atoms with Crippen LogP contribution in [0.1, 0.15) is 13.8 Å². The third-order valence-electron chi connectivity index (χ3n) is 0.522. The Kier molecular flexibility index (Phi) is 3.61. The molecule has 0 aliphatic heterocycles. The van der Waals surface area contributed by atoms with E-state index in [1.54, 1.807) is 6.92 Å². The van der Waals surface area contributed by atoms with Gasteiger partial charge in [-0.25, -0.2) is 0 Å². The molecule has 0 unspecified atom stereocenters.